The molecular weight excluding hydrogens is 340 g/mol. The second-order valence-electron chi connectivity index (χ2n) is 7.06. The van der Waals surface area contributed by atoms with E-state index in [0.29, 0.717) is 18.9 Å². The van der Waals surface area contributed by atoms with Gasteiger partial charge < -0.3 is 19.6 Å². The van der Waals surface area contributed by atoms with Gasteiger partial charge >= 0.3 is 6.09 Å². The van der Waals surface area contributed by atoms with Crippen molar-refractivity contribution in [3.63, 3.8) is 0 Å². The van der Waals surface area contributed by atoms with Gasteiger partial charge in [0.1, 0.15) is 11.2 Å². The van der Waals surface area contributed by atoms with Crippen molar-refractivity contribution in [1.82, 2.24) is 9.80 Å². The van der Waals surface area contributed by atoms with Gasteiger partial charge in [-0.3, -0.25) is 4.79 Å². The van der Waals surface area contributed by atoms with Crippen molar-refractivity contribution in [1.29, 1.82) is 0 Å². The van der Waals surface area contributed by atoms with E-state index in [0.717, 1.165) is 5.33 Å². The molecule has 0 radical (unpaired) electrons. The summed E-state index contributed by atoms with van der Waals surface area (Å²) in [6, 6.07) is 0. The Morgan fingerprint density at radius 2 is 2.10 bits per heavy atom. The lowest BCUT2D eigenvalue weighted by atomic mass is 9.94. The first-order valence-corrected chi connectivity index (χ1v) is 8.28. The maximum absolute atomic E-state index is 11.9. The standard InChI is InChI=1S/C14H23BrN2O4/c1-13(2,3)21-12(19)17-8-14(20,9-17)7-16-6-10(5-15)4-11(16)18/h10,20H,4-9H2,1-3H3. The Morgan fingerprint density at radius 3 is 2.57 bits per heavy atom. The average molecular weight is 363 g/mol. The van der Waals surface area contributed by atoms with Gasteiger partial charge in [0.15, 0.2) is 0 Å². The second-order valence-corrected chi connectivity index (χ2v) is 7.71. The predicted octanol–water partition coefficient (Wildman–Crippen LogP) is 1.21. The number of amides is 2. The van der Waals surface area contributed by atoms with E-state index < -0.39 is 17.3 Å². The fraction of sp³-hybridized carbons (Fsp3) is 0.857. The minimum atomic E-state index is -1.01. The molecule has 2 aliphatic heterocycles. The predicted molar refractivity (Wildman–Crippen MR) is 81.2 cm³/mol. The second kappa shape index (κ2) is 5.76. The number of likely N-dealkylation sites (tertiary alicyclic amines) is 2. The van der Waals surface area contributed by atoms with Crippen molar-refractivity contribution >= 4 is 27.9 Å². The van der Waals surface area contributed by atoms with E-state index in [1.54, 1.807) is 25.7 Å². The molecule has 0 aromatic heterocycles. The maximum atomic E-state index is 11.9. The Hall–Kier alpha value is -0.820. The minimum absolute atomic E-state index is 0.0728. The minimum Gasteiger partial charge on any atom is -0.444 e. The summed E-state index contributed by atoms with van der Waals surface area (Å²) in [5.41, 5.74) is -1.55. The molecule has 6 nitrogen and oxygen atoms in total. The number of halogens is 1. The Morgan fingerprint density at radius 1 is 1.48 bits per heavy atom. The van der Waals surface area contributed by atoms with Gasteiger partial charge in [-0.1, -0.05) is 15.9 Å². The molecule has 2 amide bonds. The third-order valence-electron chi connectivity index (χ3n) is 3.62. The van der Waals surface area contributed by atoms with Crippen molar-refractivity contribution in [3.05, 3.63) is 0 Å². The first-order valence-electron chi connectivity index (χ1n) is 7.16. The molecular formula is C14H23BrN2O4. The van der Waals surface area contributed by atoms with Crippen molar-refractivity contribution < 1.29 is 19.4 Å². The summed E-state index contributed by atoms with van der Waals surface area (Å²) in [7, 11) is 0. The van der Waals surface area contributed by atoms with Gasteiger partial charge in [-0.2, -0.15) is 0 Å². The van der Waals surface area contributed by atoms with E-state index in [4.69, 9.17) is 4.74 Å². The smallest absolute Gasteiger partial charge is 0.410 e. The molecule has 2 heterocycles. The van der Waals surface area contributed by atoms with Crippen LogP contribution in [-0.4, -0.2) is 69.6 Å². The van der Waals surface area contributed by atoms with E-state index in [1.165, 1.54) is 4.90 Å². The number of ether oxygens (including phenoxy) is 1. The fourth-order valence-electron chi connectivity index (χ4n) is 2.69. The van der Waals surface area contributed by atoms with Crippen LogP contribution >= 0.6 is 15.9 Å². The summed E-state index contributed by atoms with van der Waals surface area (Å²) in [6.07, 6.45) is 0.107. The molecule has 1 atom stereocenters. The van der Waals surface area contributed by atoms with Crippen molar-refractivity contribution in [3.8, 4) is 0 Å². The molecule has 7 heteroatoms. The van der Waals surface area contributed by atoms with Gasteiger partial charge in [-0.05, 0) is 26.7 Å². The first-order chi connectivity index (χ1) is 9.62. The molecule has 2 rings (SSSR count). The van der Waals surface area contributed by atoms with Crippen LogP contribution in [0.5, 0.6) is 0 Å². The molecule has 2 aliphatic rings. The van der Waals surface area contributed by atoms with Gasteiger partial charge in [0.2, 0.25) is 5.91 Å². The number of carbonyl (C=O) groups excluding carboxylic acids is 2. The Labute approximate surface area is 133 Å². The number of hydrogen-bond donors (Lipinski definition) is 1. The molecule has 120 valence electrons. The third-order valence-corrected chi connectivity index (χ3v) is 4.54. The quantitative estimate of drug-likeness (QED) is 0.766. The number of rotatable bonds is 3. The highest BCUT2D eigenvalue weighted by atomic mass is 79.9. The fourth-order valence-corrected chi connectivity index (χ4v) is 3.12. The number of nitrogens with zero attached hydrogens (tertiary/aromatic N) is 2. The molecule has 0 aromatic carbocycles. The highest BCUT2D eigenvalue weighted by Crippen LogP contribution is 2.28. The first kappa shape index (κ1) is 16.5. The van der Waals surface area contributed by atoms with Crippen LogP contribution in [0.15, 0.2) is 0 Å². The zero-order chi connectivity index (χ0) is 15.8. The van der Waals surface area contributed by atoms with Crippen LogP contribution in [0, 0.1) is 5.92 Å². The van der Waals surface area contributed by atoms with Crippen LogP contribution in [-0.2, 0) is 9.53 Å². The summed E-state index contributed by atoms with van der Waals surface area (Å²) in [4.78, 5) is 26.8. The van der Waals surface area contributed by atoms with Crippen LogP contribution < -0.4 is 0 Å². The van der Waals surface area contributed by atoms with Crippen molar-refractivity contribution in [2.24, 2.45) is 5.92 Å². The largest absolute Gasteiger partial charge is 0.444 e. The molecule has 2 saturated heterocycles. The number of β-amino-alcohol motifs (C(OH)–C–C–N with tert-alkyl or cyclic N) is 1. The molecule has 0 aromatic rings. The number of alkyl halides is 1. The molecule has 0 aliphatic carbocycles. The van der Waals surface area contributed by atoms with E-state index >= 15 is 0 Å². The summed E-state index contributed by atoms with van der Waals surface area (Å²) in [5.74, 6) is 0.381. The normalized spacial score (nSPS) is 25.0. The van der Waals surface area contributed by atoms with Crippen LogP contribution in [0.3, 0.4) is 0 Å². The monoisotopic (exact) mass is 362 g/mol. The topological polar surface area (TPSA) is 70.1 Å². The average Bonchev–Trinajstić information content (AvgIpc) is 2.64. The lowest BCUT2D eigenvalue weighted by Crippen LogP contribution is -2.68. The lowest BCUT2D eigenvalue weighted by Gasteiger charge is -2.47. The molecule has 0 saturated carbocycles. The van der Waals surface area contributed by atoms with E-state index in [2.05, 4.69) is 15.9 Å². The molecule has 1 unspecified atom stereocenters. The lowest BCUT2D eigenvalue weighted by molar-refractivity contribution is -0.139. The van der Waals surface area contributed by atoms with Gasteiger partial charge in [-0.15, -0.1) is 0 Å². The highest BCUT2D eigenvalue weighted by molar-refractivity contribution is 9.09. The van der Waals surface area contributed by atoms with Crippen LogP contribution in [0.25, 0.3) is 0 Å². The van der Waals surface area contributed by atoms with Crippen LogP contribution in [0.1, 0.15) is 27.2 Å². The Kier molecular flexibility index (Phi) is 4.54. The highest BCUT2D eigenvalue weighted by Gasteiger charge is 2.47. The number of aliphatic hydroxyl groups is 1. The SMILES string of the molecule is CC(C)(C)OC(=O)N1CC(O)(CN2CC(CBr)CC2=O)C1. The van der Waals surface area contributed by atoms with E-state index in [1.807, 2.05) is 0 Å². The van der Waals surface area contributed by atoms with Crippen molar-refractivity contribution in [2.45, 2.75) is 38.4 Å². The Balaban J connectivity index is 1.82. The molecule has 1 N–H and O–H groups in total. The summed E-state index contributed by atoms with van der Waals surface area (Å²) in [6.45, 7) is 6.80. The summed E-state index contributed by atoms with van der Waals surface area (Å²) < 4.78 is 5.25. The van der Waals surface area contributed by atoms with Crippen LogP contribution in [0.4, 0.5) is 4.79 Å². The van der Waals surface area contributed by atoms with Crippen molar-refractivity contribution in [2.75, 3.05) is 31.5 Å². The van der Waals surface area contributed by atoms with E-state index in [9.17, 15) is 14.7 Å². The summed E-state index contributed by atoms with van der Waals surface area (Å²) >= 11 is 3.39. The number of hydrogen-bond acceptors (Lipinski definition) is 4. The number of carbonyl (C=O) groups is 2. The zero-order valence-electron chi connectivity index (χ0n) is 12.8. The Bertz CT molecular complexity index is 429. The van der Waals surface area contributed by atoms with Gasteiger partial charge in [-0.25, -0.2) is 4.79 Å². The van der Waals surface area contributed by atoms with E-state index in [-0.39, 0.29) is 25.5 Å². The maximum Gasteiger partial charge on any atom is 0.410 e. The van der Waals surface area contributed by atoms with Gasteiger partial charge in [0, 0.05) is 18.3 Å². The molecule has 0 bridgehead atoms. The molecule has 0 spiro atoms. The van der Waals surface area contributed by atoms with Crippen LogP contribution in [0.2, 0.25) is 0 Å². The van der Waals surface area contributed by atoms with Gasteiger partial charge in [0.05, 0.1) is 19.6 Å². The third kappa shape index (κ3) is 4.10. The zero-order valence-corrected chi connectivity index (χ0v) is 14.4. The van der Waals surface area contributed by atoms with Gasteiger partial charge in [0.25, 0.3) is 0 Å². The summed E-state index contributed by atoms with van der Waals surface area (Å²) in [5, 5.41) is 11.2. The molecule has 21 heavy (non-hydrogen) atoms. The molecule has 2 fully saturated rings.